The number of benzene rings is 2. The van der Waals surface area contributed by atoms with Crippen molar-refractivity contribution < 1.29 is 9.59 Å². The first-order valence-corrected chi connectivity index (χ1v) is 12.0. The van der Waals surface area contributed by atoms with Crippen LogP contribution >= 0.6 is 11.3 Å². The fourth-order valence-electron chi connectivity index (χ4n) is 4.57. The van der Waals surface area contributed by atoms with Gasteiger partial charge in [-0.25, -0.2) is 0 Å². The molecule has 0 saturated heterocycles. The molecule has 0 N–H and O–H groups in total. The molecule has 5 heteroatoms. The lowest BCUT2D eigenvalue weighted by Gasteiger charge is -2.20. The predicted molar refractivity (Wildman–Crippen MR) is 131 cm³/mol. The molecule has 0 unspecified atom stereocenters. The molecule has 1 aliphatic carbocycles. The van der Waals surface area contributed by atoms with Crippen molar-refractivity contribution in [3.05, 3.63) is 86.8 Å². The predicted octanol–water partition coefficient (Wildman–Crippen LogP) is 5.31. The van der Waals surface area contributed by atoms with Gasteiger partial charge < -0.3 is 0 Å². The van der Waals surface area contributed by atoms with Crippen LogP contribution < -0.4 is 4.90 Å². The largest absolute Gasteiger partial charge is 0.294 e. The smallest absolute Gasteiger partial charge is 0.249 e. The molecule has 5 rings (SSSR count). The van der Waals surface area contributed by atoms with E-state index < -0.39 is 0 Å². The SMILES string of the molecule is Cc1ccc(C(=O)CN2C(=O)CN=C(c3cccc(C)c3)c3c2sc2c3CCCC2)cc1. The molecule has 1 aromatic heterocycles. The molecule has 0 atom stereocenters. The minimum Gasteiger partial charge on any atom is -0.294 e. The number of rotatable bonds is 4. The number of aliphatic imine (C=N–C) groups is 1. The summed E-state index contributed by atoms with van der Waals surface area (Å²) in [6, 6.07) is 15.9. The summed E-state index contributed by atoms with van der Waals surface area (Å²) >= 11 is 1.68. The Morgan fingerprint density at radius 1 is 1.03 bits per heavy atom. The molecular formula is C27H26N2O2S. The Kier molecular flexibility index (Phi) is 5.51. The minimum atomic E-state index is -0.118. The van der Waals surface area contributed by atoms with Crippen LogP contribution in [0.5, 0.6) is 0 Å². The van der Waals surface area contributed by atoms with Crippen LogP contribution in [0.2, 0.25) is 0 Å². The summed E-state index contributed by atoms with van der Waals surface area (Å²) in [5.74, 6) is -0.164. The zero-order valence-corrected chi connectivity index (χ0v) is 19.3. The zero-order valence-electron chi connectivity index (χ0n) is 18.5. The summed E-state index contributed by atoms with van der Waals surface area (Å²) in [6.45, 7) is 4.17. The van der Waals surface area contributed by atoms with E-state index in [2.05, 4.69) is 25.1 Å². The molecular weight excluding hydrogens is 416 g/mol. The Labute approximate surface area is 192 Å². The van der Waals surface area contributed by atoms with Crippen LogP contribution in [-0.2, 0) is 17.6 Å². The summed E-state index contributed by atoms with van der Waals surface area (Å²) in [6.07, 6.45) is 4.34. The van der Waals surface area contributed by atoms with Crippen LogP contribution in [0.4, 0.5) is 5.00 Å². The van der Waals surface area contributed by atoms with E-state index in [-0.39, 0.29) is 24.8 Å². The van der Waals surface area contributed by atoms with E-state index in [1.165, 1.54) is 16.9 Å². The van der Waals surface area contributed by atoms with Gasteiger partial charge in [0.05, 0.1) is 12.3 Å². The number of aryl methyl sites for hydroxylation is 3. The number of hydrogen-bond acceptors (Lipinski definition) is 4. The van der Waals surface area contributed by atoms with Gasteiger partial charge in [0.25, 0.3) is 0 Å². The van der Waals surface area contributed by atoms with Crippen molar-refractivity contribution in [2.45, 2.75) is 39.5 Å². The number of thiophene rings is 1. The molecule has 2 aliphatic rings. The van der Waals surface area contributed by atoms with E-state index in [1.807, 2.05) is 37.3 Å². The van der Waals surface area contributed by atoms with Gasteiger partial charge in [0.2, 0.25) is 5.91 Å². The van der Waals surface area contributed by atoms with Gasteiger partial charge in [-0.05, 0) is 51.2 Å². The van der Waals surface area contributed by atoms with E-state index >= 15 is 0 Å². The van der Waals surface area contributed by atoms with Crippen LogP contribution in [0.3, 0.4) is 0 Å². The molecule has 3 aromatic rings. The van der Waals surface area contributed by atoms with Gasteiger partial charge in [-0.15, -0.1) is 11.3 Å². The first-order chi connectivity index (χ1) is 15.5. The number of ketones is 1. The summed E-state index contributed by atoms with van der Waals surface area (Å²) in [5, 5.41) is 0.889. The van der Waals surface area contributed by atoms with Crippen molar-refractivity contribution in [3.8, 4) is 0 Å². The number of Topliss-reactive ketones (excluding diaryl/α,β-unsaturated/α-hetero) is 1. The number of anilines is 1. The highest BCUT2D eigenvalue weighted by Gasteiger charge is 2.33. The molecule has 0 spiro atoms. The summed E-state index contributed by atoms with van der Waals surface area (Å²) in [4.78, 5) is 34.2. The van der Waals surface area contributed by atoms with Crippen LogP contribution in [0.25, 0.3) is 0 Å². The Balaban J connectivity index is 1.60. The van der Waals surface area contributed by atoms with Crippen molar-refractivity contribution in [3.63, 3.8) is 0 Å². The molecule has 0 saturated carbocycles. The number of amides is 1. The molecule has 1 aliphatic heterocycles. The van der Waals surface area contributed by atoms with Crippen molar-refractivity contribution in [1.82, 2.24) is 0 Å². The third-order valence-corrected chi connectivity index (χ3v) is 7.59. The lowest BCUT2D eigenvalue weighted by atomic mass is 9.91. The summed E-state index contributed by atoms with van der Waals surface area (Å²) in [5.41, 5.74) is 7.22. The maximum atomic E-state index is 13.2. The maximum absolute atomic E-state index is 13.2. The number of carbonyl (C=O) groups is 2. The topological polar surface area (TPSA) is 49.7 Å². The Morgan fingerprint density at radius 3 is 2.59 bits per heavy atom. The van der Waals surface area contributed by atoms with E-state index in [0.717, 1.165) is 52.2 Å². The monoisotopic (exact) mass is 442 g/mol. The minimum absolute atomic E-state index is 0.0465. The molecule has 1 amide bonds. The molecule has 162 valence electrons. The molecule has 0 radical (unpaired) electrons. The number of carbonyl (C=O) groups excluding carboxylic acids is 2. The van der Waals surface area contributed by atoms with Gasteiger partial charge in [0, 0.05) is 21.6 Å². The Bertz CT molecular complexity index is 1240. The van der Waals surface area contributed by atoms with Crippen molar-refractivity contribution >= 4 is 33.7 Å². The van der Waals surface area contributed by atoms with Gasteiger partial charge in [-0.2, -0.15) is 0 Å². The van der Waals surface area contributed by atoms with Gasteiger partial charge in [-0.3, -0.25) is 19.5 Å². The van der Waals surface area contributed by atoms with Gasteiger partial charge in [0.15, 0.2) is 5.78 Å². The van der Waals surface area contributed by atoms with Crippen LogP contribution in [0.15, 0.2) is 53.5 Å². The van der Waals surface area contributed by atoms with E-state index in [0.29, 0.717) is 5.56 Å². The first-order valence-electron chi connectivity index (χ1n) is 11.2. The van der Waals surface area contributed by atoms with Crippen LogP contribution in [0, 0.1) is 13.8 Å². The molecule has 4 nitrogen and oxygen atoms in total. The molecule has 0 bridgehead atoms. The molecule has 2 aromatic carbocycles. The number of nitrogens with zero attached hydrogens (tertiary/aromatic N) is 2. The Hall–Kier alpha value is -3.05. The summed E-state index contributed by atoms with van der Waals surface area (Å²) in [7, 11) is 0. The van der Waals surface area contributed by atoms with E-state index in [4.69, 9.17) is 4.99 Å². The fraction of sp³-hybridized carbons (Fsp3) is 0.296. The second-order valence-corrected chi connectivity index (χ2v) is 9.78. The van der Waals surface area contributed by atoms with Crippen molar-refractivity contribution in [2.75, 3.05) is 18.0 Å². The highest BCUT2D eigenvalue weighted by molar-refractivity contribution is 7.17. The fourth-order valence-corrected chi connectivity index (χ4v) is 5.98. The van der Waals surface area contributed by atoms with Crippen LogP contribution in [-0.4, -0.2) is 30.5 Å². The second kappa shape index (κ2) is 8.47. The second-order valence-electron chi connectivity index (χ2n) is 8.69. The van der Waals surface area contributed by atoms with Crippen molar-refractivity contribution in [1.29, 1.82) is 0 Å². The van der Waals surface area contributed by atoms with Crippen LogP contribution in [0.1, 0.15) is 55.9 Å². The first kappa shape index (κ1) is 20.8. The molecule has 32 heavy (non-hydrogen) atoms. The normalized spacial score (nSPS) is 15.6. The maximum Gasteiger partial charge on any atom is 0.249 e. The third-order valence-electron chi connectivity index (χ3n) is 6.27. The van der Waals surface area contributed by atoms with Gasteiger partial charge >= 0.3 is 0 Å². The zero-order chi connectivity index (χ0) is 22.2. The summed E-state index contributed by atoms with van der Waals surface area (Å²) < 4.78 is 0. The Morgan fingerprint density at radius 2 is 1.81 bits per heavy atom. The van der Waals surface area contributed by atoms with Crippen molar-refractivity contribution in [2.24, 2.45) is 4.99 Å². The molecule has 0 fully saturated rings. The lowest BCUT2D eigenvalue weighted by Crippen LogP contribution is -2.36. The van der Waals surface area contributed by atoms with Gasteiger partial charge in [-0.1, -0.05) is 53.6 Å². The number of fused-ring (bicyclic) bond motifs is 3. The number of hydrogen-bond donors (Lipinski definition) is 0. The highest BCUT2D eigenvalue weighted by Crippen LogP contribution is 2.42. The lowest BCUT2D eigenvalue weighted by molar-refractivity contribution is -0.117. The quantitative estimate of drug-likeness (QED) is 0.514. The average Bonchev–Trinajstić information content (AvgIpc) is 3.11. The van der Waals surface area contributed by atoms with E-state index in [9.17, 15) is 9.59 Å². The molecule has 2 heterocycles. The average molecular weight is 443 g/mol. The van der Waals surface area contributed by atoms with E-state index in [1.54, 1.807) is 16.2 Å². The van der Waals surface area contributed by atoms with Gasteiger partial charge in [0.1, 0.15) is 11.5 Å². The third kappa shape index (κ3) is 3.82. The standard InChI is InChI=1S/C27H26N2O2S/c1-17-10-12-19(13-11-17)22(30)16-29-24(31)15-28-26(20-7-5-6-18(2)14-20)25-21-8-3-4-9-23(21)32-27(25)29/h5-7,10-14H,3-4,8-9,15-16H2,1-2H3. The highest BCUT2D eigenvalue weighted by atomic mass is 32.1.